The van der Waals surface area contributed by atoms with Crippen LogP contribution in [-0.2, 0) is 0 Å². The van der Waals surface area contributed by atoms with E-state index in [4.69, 9.17) is 0 Å². The van der Waals surface area contributed by atoms with Crippen molar-refractivity contribution in [1.29, 1.82) is 0 Å². The maximum Gasteiger partial charge on any atom is 0.0809 e. The molecule has 0 heterocycles. The van der Waals surface area contributed by atoms with Gasteiger partial charge in [0.05, 0.1) is 17.8 Å². The molecule has 0 amide bonds. The molecule has 0 bridgehead atoms. The van der Waals surface area contributed by atoms with Gasteiger partial charge >= 0.3 is 0 Å². The third-order valence-corrected chi connectivity index (χ3v) is 8.04. The summed E-state index contributed by atoms with van der Waals surface area (Å²) >= 11 is 0. The predicted octanol–water partition coefficient (Wildman–Crippen LogP) is 5.62. The highest BCUT2D eigenvalue weighted by molar-refractivity contribution is 5.30. The molecule has 5 atom stereocenters. The molecule has 0 unspecified atom stereocenters. The highest BCUT2D eigenvalue weighted by Crippen LogP contribution is 2.59. The first-order chi connectivity index (χ1) is 14.0. The first-order valence-corrected chi connectivity index (χ1v) is 11.8. The summed E-state index contributed by atoms with van der Waals surface area (Å²) in [6, 6.07) is 0. The van der Waals surface area contributed by atoms with Crippen molar-refractivity contribution in [1.82, 2.24) is 0 Å². The maximum atomic E-state index is 10.1. The Morgan fingerprint density at radius 3 is 2.47 bits per heavy atom. The van der Waals surface area contributed by atoms with Crippen molar-refractivity contribution in [3.05, 3.63) is 47.1 Å². The van der Waals surface area contributed by atoms with Gasteiger partial charge in [0.15, 0.2) is 0 Å². The van der Waals surface area contributed by atoms with E-state index in [0.717, 1.165) is 24.8 Å². The Morgan fingerprint density at radius 2 is 1.83 bits per heavy atom. The Labute approximate surface area is 183 Å². The van der Waals surface area contributed by atoms with Crippen molar-refractivity contribution in [2.75, 3.05) is 0 Å². The average molecular weight is 415 g/mol. The highest BCUT2D eigenvalue weighted by Gasteiger charge is 2.49. The van der Waals surface area contributed by atoms with Crippen molar-refractivity contribution in [2.24, 2.45) is 17.3 Å². The summed E-state index contributed by atoms with van der Waals surface area (Å²) in [4.78, 5) is 0. The van der Waals surface area contributed by atoms with E-state index in [9.17, 15) is 15.3 Å². The van der Waals surface area contributed by atoms with Gasteiger partial charge in [-0.15, -0.1) is 0 Å². The largest absolute Gasteiger partial charge is 0.390 e. The van der Waals surface area contributed by atoms with Gasteiger partial charge in [-0.1, -0.05) is 48.5 Å². The summed E-state index contributed by atoms with van der Waals surface area (Å²) in [6.45, 7) is 12.4. The molecule has 0 aromatic rings. The maximum absolute atomic E-state index is 10.1. The van der Waals surface area contributed by atoms with Crippen molar-refractivity contribution >= 4 is 0 Å². The Kier molecular flexibility index (Phi) is 7.16. The number of hydrogen-bond acceptors (Lipinski definition) is 3. The molecule has 3 heteroatoms. The molecule has 0 spiro atoms. The van der Waals surface area contributed by atoms with Crippen LogP contribution >= 0.6 is 0 Å². The lowest BCUT2D eigenvalue weighted by Gasteiger charge is -2.43. The minimum atomic E-state index is -0.623. The SMILES string of the molecule is C=C1[C@H](O)CC(=C/C=C2/CCC[C@]3(C)[C@@H](/C(C)=C/CCC(C)(C)O)CC[C@@H]23)C[C@H]1O. The lowest BCUT2D eigenvalue weighted by molar-refractivity contribution is 0.0720. The second-order valence-corrected chi connectivity index (χ2v) is 10.9. The third-order valence-electron chi connectivity index (χ3n) is 8.04. The van der Waals surface area contributed by atoms with Gasteiger partial charge < -0.3 is 15.3 Å². The number of aliphatic hydroxyl groups is 3. The second-order valence-electron chi connectivity index (χ2n) is 10.9. The molecule has 3 nitrogen and oxygen atoms in total. The minimum Gasteiger partial charge on any atom is -0.390 e. The van der Waals surface area contributed by atoms with E-state index in [1.54, 1.807) is 5.57 Å². The molecular formula is C27H42O3. The zero-order valence-corrected chi connectivity index (χ0v) is 19.5. The molecule has 3 aliphatic carbocycles. The minimum absolute atomic E-state index is 0.317. The lowest BCUT2D eigenvalue weighted by Crippen LogP contribution is -2.33. The Bertz CT molecular complexity index is 720. The summed E-state index contributed by atoms with van der Waals surface area (Å²) < 4.78 is 0. The van der Waals surface area contributed by atoms with Gasteiger partial charge in [-0.05, 0) is 101 Å². The fraction of sp³-hybridized carbons (Fsp3) is 0.704. The van der Waals surface area contributed by atoms with Crippen LogP contribution in [0.4, 0.5) is 0 Å². The fourth-order valence-electron chi connectivity index (χ4n) is 6.21. The quantitative estimate of drug-likeness (QED) is 0.511. The fourth-order valence-corrected chi connectivity index (χ4v) is 6.21. The molecule has 30 heavy (non-hydrogen) atoms. The third kappa shape index (κ3) is 5.18. The van der Waals surface area contributed by atoms with Crippen molar-refractivity contribution < 1.29 is 15.3 Å². The Balaban J connectivity index is 1.73. The summed E-state index contributed by atoms with van der Waals surface area (Å²) in [7, 11) is 0. The molecule has 3 N–H and O–H groups in total. The van der Waals surface area contributed by atoms with Gasteiger partial charge in [0.25, 0.3) is 0 Å². The molecule has 168 valence electrons. The zero-order chi connectivity index (χ0) is 22.1. The smallest absolute Gasteiger partial charge is 0.0809 e. The van der Waals surface area contributed by atoms with Crippen LogP contribution in [0.5, 0.6) is 0 Å². The molecule has 3 fully saturated rings. The van der Waals surface area contributed by atoms with Gasteiger partial charge in [-0.2, -0.15) is 0 Å². The van der Waals surface area contributed by atoms with Crippen molar-refractivity contribution in [2.45, 2.75) is 103 Å². The summed E-state index contributed by atoms with van der Waals surface area (Å²) in [5.41, 5.74) is 4.45. The molecule has 3 saturated carbocycles. The monoisotopic (exact) mass is 414 g/mol. The van der Waals surface area contributed by atoms with Crippen LogP contribution in [0.2, 0.25) is 0 Å². The van der Waals surface area contributed by atoms with Gasteiger partial charge in [-0.25, -0.2) is 0 Å². The molecule has 0 radical (unpaired) electrons. The summed E-state index contributed by atoms with van der Waals surface area (Å²) in [5.74, 6) is 1.25. The molecule has 0 aliphatic heterocycles. The van der Waals surface area contributed by atoms with Gasteiger partial charge in [0.2, 0.25) is 0 Å². The first-order valence-electron chi connectivity index (χ1n) is 11.8. The van der Waals surface area contributed by atoms with Crippen LogP contribution in [0, 0.1) is 17.3 Å². The highest BCUT2D eigenvalue weighted by atomic mass is 16.3. The number of rotatable bonds is 5. The standard InChI is InChI=1S/C27H42O3/c1-18(8-6-14-26(3,4)30)22-12-13-23-21(9-7-15-27(22,23)5)11-10-20-16-24(28)19(2)25(29)17-20/h8,10-11,22-25,28-30H,2,6-7,9,12-17H2,1,3-5H3/b18-8+,21-11-/t22-,23+,24-,25-,27-/m1/s1. The lowest BCUT2D eigenvalue weighted by atomic mass is 9.62. The van der Waals surface area contributed by atoms with E-state index < -0.39 is 17.8 Å². The van der Waals surface area contributed by atoms with Gasteiger partial charge in [0, 0.05) is 0 Å². The Hall–Kier alpha value is -1.16. The first kappa shape index (κ1) is 23.5. The van der Waals surface area contributed by atoms with Crippen LogP contribution in [0.25, 0.3) is 0 Å². The van der Waals surface area contributed by atoms with Crippen LogP contribution in [0.3, 0.4) is 0 Å². The molecular weight excluding hydrogens is 372 g/mol. The molecule has 0 aromatic heterocycles. The van der Waals surface area contributed by atoms with E-state index >= 15 is 0 Å². The topological polar surface area (TPSA) is 60.7 Å². The predicted molar refractivity (Wildman–Crippen MR) is 124 cm³/mol. The van der Waals surface area contributed by atoms with Crippen molar-refractivity contribution in [3.63, 3.8) is 0 Å². The number of allylic oxidation sites excluding steroid dienone is 5. The van der Waals surface area contributed by atoms with E-state index in [-0.39, 0.29) is 0 Å². The summed E-state index contributed by atoms with van der Waals surface area (Å²) in [6.07, 6.45) is 14.7. The number of hydrogen-bond donors (Lipinski definition) is 3. The molecule has 3 aliphatic rings. The van der Waals surface area contributed by atoms with Crippen LogP contribution in [0.1, 0.15) is 85.5 Å². The van der Waals surface area contributed by atoms with E-state index in [1.807, 2.05) is 13.8 Å². The van der Waals surface area contributed by atoms with Gasteiger partial charge in [0.1, 0.15) is 0 Å². The molecule has 3 rings (SSSR count). The van der Waals surface area contributed by atoms with Crippen LogP contribution in [-0.4, -0.2) is 33.1 Å². The van der Waals surface area contributed by atoms with Gasteiger partial charge in [-0.3, -0.25) is 0 Å². The molecule has 0 saturated heterocycles. The van der Waals surface area contributed by atoms with E-state index in [1.165, 1.54) is 31.3 Å². The second kappa shape index (κ2) is 9.14. The number of aliphatic hydroxyl groups excluding tert-OH is 2. The van der Waals surface area contributed by atoms with Crippen molar-refractivity contribution in [3.8, 4) is 0 Å². The van der Waals surface area contributed by atoms with Crippen LogP contribution < -0.4 is 0 Å². The number of fused-ring (bicyclic) bond motifs is 1. The normalized spacial score (nSPS) is 36.9. The Morgan fingerprint density at radius 1 is 1.17 bits per heavy atom. The zero-order valence-electron chi connectivity index (χ0n) is 19.5. The average Bonchev–Trinajstić information content (AvgIpc) is 3.00. The van der Waals surface area contributed by atoms with E-state index in [0.29, 0.717) is 35.7 Å². The molecule has 0 aromatic carbocycles. The van der Waals surface area contributed by atoms with E-state index in [2.05, 4.69) is 38.7 Å². The van der Waals surface area contributed by atoms with Crippen LogP contribution in [0.15, 0.2) is 47.1 Å². The summed E-state index contributed by atoms with van der Waals surface area (Å²) in [5, 5.41) is 30.2.